The highest BCUT2D eigenvalue weighted by molar-refractivity contribution is 6.31. The zero-order chi connectivity index (χ0) is 14.1. The Morgan fingerprint density at radius 2 is 2.25 bits per heavy atom. The number of rotatable bonds is 2. The van der Waals surface area contributed by atoms with Gasteiger partial charge in [0.2, 0.25) is 5.90 Å². The number of nitrogens with zero attached hydrogens (tertiary/aromatic N) is 3. The first-order valence-corrected chi connectivity index (χ1v) is 6.27. The fraction of sp³-hybridized carbons (Fsp3) is 0.0714. The Balaban J connectivity index is 1.94. The van der Waals surface area contributed by atoms with E-state index in [9.17, 15) is 4.79 Å². The first kappa shape index (κ1) is 12.6. The van der Waals surface area contributed by atoms with E-state index in [0.717, 1.165) is 5.56 Å². The number of esters is 1. The van der Waals surface area contributed by atoms with Gasteiger partial charge in [0.05, 0.1) is 6.20 Å². The monoisotopic (exact) mass is 287 g/mol. The molecule has 0 atom stereocenters. The Morgan fingerprint density at radius 3 is 2.95 bits per heavy atom. The first-order chi connectivity index (χ1) is 9.61. The fourth-order valence-corrected chi connectivity index (χ4v) is 2.02. The standard InChI is InChI=1S/C14H10ClN3O2/c1-18-8-9(7-16-18)5-12-14(19)20-13(17-12)10-3-2-4-11(15)6-10/h2-8H,1H3/b12-5-. The Kier molecular flexibility index (Phi) is 3.12. The molecule has 1 aromatic heterocycles. The van der Waals surface area contributed by atoms with Gasteiger partial charge in [-0.25, -0.2) is 9.79 Å². The average Bonchev–Trinajstić information content (AvgIpc) is 2.97. The Labute approximate surface area is 120 Å². The number of ether oxygens (including phenoxy) is 1. The number of aryl methyl sites for hydroxylation is 1. The molecule has 1 aliphatic rings. The Morgan fingerprint density at radius 1 is 1.40 bits per heavy atom. The van der Waals surface area contributed by atoms with Gasteiger partial charge >= 0.3 is 5.97 Å². The van der Waals surface area contributed by atoms with Crippen LogP contribution in [-0.4, -0.2) is 21.6 Å². The van der Waals surface area contributed by atoms with Crippen molar-refractivity contribution in [2.45, 2.75) is 0 Å². The minimum Gasteiger partial charge on any atom is -0.402 e. The van der Waals surface area contributed by atoms with E-state index in [2.05, 4.69) is 10.1 Å². The summed E-state index contributed by atoms with van der Waals surface area (Å²) in [6.07, 6.45) is 5.06. The molecule has 0 saturated heterocycles. The summed E-state index contributed by atoms with van der Waals surface area (Å²) in [5.41, 5.74) is 1.70. The molecule has 2 heterocycles. The van der Waals surface area contributed by atoms with E-state index >= 15 is 0 Å². The minimum atomic E-state index is -0.483. The summed E-state index contributed by atoms with van der Waals surface area (Å²) in [6, 6.07) is 7.00. The van der Waals surface area contributed by atoms with E-state index in [-0.39, 0.29) is 11.6 Å². The molecular formula is C14H10ClN3O2. The van der Waals surface area contributed by atoms with Gasteiger partial charge in [0.15, 0.2) is 5.70 Å². The van der Waals surface area contributed by atoms with Crippen LogP contribution in [0.2, 0.25) is 5.02 Å². The van der Waals surface area contributed by atoms with Gasteiger partial charge in [-0.05, 0) is 24.3 Å². The molecule has 1 aliphatic heterocycles. The SMILES string of the molecule is Cn1cc(/C=C2\N=C(c3cccc(Cl)c3)OC2=O)cn1. The number of aliphatic imine (C=N–C) groups is 1. The number of halogens is 1. The maximum Gasteiger partial charge on any atom is 0.363 e. The smallest absolute Gasteiger partial charge is 0.363 e. The van der Waals surface area contributed by atoms with Gasteiger partial charge in [0.25, 0.3) is 0 Å². The van der Waals surface area contributed by atoms with Crippen LogP contribution < -0.4 is 0 Å². The van der Waals surface area contributed by atoms with Gasteiger partial charge in [0.1, 0.15) is 0 Å². The maximum atomic E-state index is 11.8. The zero-order valence-corrected chi connectivity index (χ0v) is 11.3. The molecule has 0 unspecified atom stereocenters. The van der Waals surface area contributed by atoms with E-state index in [0.29, 0.717) is 10.6 Å². The number of carbonyl (C=O) groups is 1. The van der Waals surface area contributed by atoms with Gasteiger partial charge in [-0.1, -0.05) is 17.7 Å². The summed E-state index contributed by atoms with van der Waals surface area (Å²) < 4.78 is 6.80. The summed E-state index contributed by atoms with van der Waals surface area (Å²) in [4.78, 5) is 16.0. The number of cyclic esters (lactones) is 1. The van der Waals surface area contributed by atoms with Gasteiger partial charge < -0.3 is 4.74 Å². The summed E-state index contributed by atoms with van der Waals surface area (Å²) in [6.45, 7) is 0. The Hall–Kier alpha value is -2.40. The normalized spacial score (nSPS) is 16.4. The van der Waals surface area contributed by atoms with Crippen molar-refractivity contribution in [3.05, 3.63) is 58.5 Å². The van der Waals surface area contributed by atoms with Crippen molar-refractivity contribution in [2.75, 3.05) is 0 Å². The predicted molar refractivity (Wildman–Crippen MR) is 75.3 cm³/mol. The van der Waals surface area contributed by atoms with E-state index in [1.54, 1.807) is 54.5 Å². The molecule has 0 amide bonds. The van der Waals surface area contributed by atoms with Gasteiger partial charge in [-0.15, -0.1) is 0 Å². The first-order valence-electron chi connectivity index (χ1n) is 5.89. The lowest BCUT2D eigenvalue weighted by Crippen LogP contribution is -2.05. The molecule has 3 rings (SSSR count). The van der Waals surface area contributed by atoms with Crippen LogP contribution in [0.1, 0.15) is 11.1 Å². The van der Waals surface area contributed by atoms with E-state index < -0.39 is 5.97 Å². The minimum absolute atomic E-state index is 0.243. The molecule has 0 spiro atoms. The molecule has 0 bridgehead atoms. The fourth-order valence-electron chi connectivity index (χ4n) is 1.83. The lowest BCUT2D eigenvalue weighted by molar-refractivity contribution is -0.129. The molecule has 100 valence electrons. The molecule has 6 heteroatoms. The van der Waals surface area contributed by atoms with Crippen LogP contribution in [0, 0.1) is 0 Å². The second-order valence-electron chi connectivity index (χ2n) is 4.29. The average molecular weight is 288 g/mol. The highest BCUT2D eigenvalue weighted by atomic mass is 35.5. The van der Waals surface area contributed by atoms with E-state index in [4.69, 9.17) is 16.3 Å². The number of hydrogen-bond acceptors (Lipinski definition) is 4. The molecular weight excluding hydrogens is 278 g/mol. The molecule has 0 radical (unpaired) electrons. The molecule has 5 nitrogen and oxygen atoms in total. The van der Waals surface area contributed by atoms with Crippen molar-refractivity contribution in [1.82, 2.24) is 9.78 Å². The molecule has 20 heavy (non-hydrogen) atoms. The van der Waals surface area contributed by atoms with Crippen molar-refractivity contribution in [3.8, 4) is 0 Å². The number of aromatic nitrogens is 2. The molecule has 1 aromatic carbocycles. The van der Waals surface area contributed by atoms with Crippen LogP contribution in [0.15, 0.2) is 47.3 Å². The van der Waals surface area contributed by atoms with Crippen molar-refractivity contribution in [2.24, 2.45) is 12.0 Å². The van der Waals surface area contributed by atoms with Crippen LogP contribution in [0.3, 0.4) is 0 Å². The van der Waals surface area contributed by atoms with Crippen molar-refractivity contribution >= 4 is 29.5 Å². The summed E-state index contributed by atoms with van der Waals surface area (Å²) in [5, 5.41) is 4.59. The second kappa shape index (κ2) is 4.94. The van der Waals surface area contributed by atoms with Crippen LogP contribution in [0.4, 0.5) is 0 Å². The predicted octanol–water partition coefficient (Wildman–Crippen LogP) is 2.42. The third-order valence-electron chi connectivity index (χ3n) is 2.72. The number of carbonyl (C=O) groups excluding carboxylic acids is 1. The summed E-state index contributed by atoms with van der Waals surface area (Å²) in [7, 11) is 1.80. The lowest BCUT2D eigenvalue weighted by Gasteiger charge is -1.98. The molecule has 0 N–H and O–H groups in total. The summed E-state index contributed by atoms with van der Waals surface area (Å²) >= 11 is 5.91. The molecule has 0 saturated carbocycles. The van der Waals surface area contributed by atoms with E-state index in [1.165, 1.54) is 0 Å². The topological polar surface area (TPSA) is 56.5 Å². The van der Waals surface area contributed by atoms with Crippen LogP contribution in [0.25, 0.3) is 6.08 Å². The number of hydrogen-bond donors (Lipinski definition) is 0. The zero-order valence-electron chi connectivity index (χ0n) is 10.6. The quantitative estimate of drug-likeness (QED) is 0.629. The van der Waals surface area contributed by atoms with Crippen molar-refractivity contribution in [1.29, 1.82) is 0 Å². The maximum absolute atomic E-state index is 11.8. The second-order valence-corrected chi connectivity index (χ2v) is 4.73. The van der Waals surface area contributed by atoms with Crippen LogP contribution in [0.5, 0.6) is 0 Å². The molecule has 0 fully saturated rings. The largest absolute Gasteiger partial charge is 0.402 e. The lowest BCUT2D eigenvalue weighted by atomic mass is 10.2. The third kappa shape index (κ3) is 2.48. The Bertz CT molecular complexity index is 746. The highest BCUT2D eigenvalue weighted by Crippen LogP contribution is 2.20. The molecule has 0 aliphatic carbocycles. The van der Waals surface area contributed by atoms with E-state index in [1.807, 2.05) is 0 Å². The van der Waals surface area contributed by atoms with Gasteiger partial charge in [-0.3, -0.25) is 4.68 Å². The van der Waals surface area contributed by atoms with Crippen molar-refractivity contribution in [3.63, 3.8) is 0 Å². The number of benzene rings is 1. The van der Waals surface area contributed by atoms with Crippen LogP contribution in [-0.2, 0) is 16.6 Å². The van der Waals surface area contributed by atoms with Gasteiger partial charge in [0, 0.05) is 29.4 Å². The summed E-state index contributed by atoms with van der Waals surface area (Å²) in [5.74, 6) is -0.225. The van der Waals surface area contributed by atoms with Gasteiger partial charge in [-0.2, -0.15) is 5.10 Å². The van der Waals surface area contributed by atoms with Crippen molar-refractivity contribution < 1.29 is 9.53 Å². The molecule has 2 aromatic rings. The highest BCUT2D eigenvalue weighted by Gasteiger charge is 2.24. The van der Waals surface area contributed by atoms with Crippen LogP contribution >= 0.6 is 11.6 Å². The third-order valence-corrected chi connectivity index (χ3v) is 2.96.